The van der Waals surface area contributed by atoms with Gasteiger partial charge in [-0.05, 0) is 68.1 Å². The molecule has 1 aliphatic heterocycles. The summed E-state index contributed by atoms with van der Waals surface area (Å²) in [4.78, 5) is 31.2. The third kappa shape index (κ3) is 7.21. The Bertz CT molecular complexity index is 1140. The zero-order valence-electron chi connectivity index (χ0n) is 22.1. The zero-order valence-corrected chi connectivity index (χ0v) is 23.6. The molecule has 208 valence electrons. The van der Waals surface area contributed by atoms with Gasteiger partial charge in [-0.25, -0.2) is 0 Å². The molecule has 1 aliphatic rings. The van der Waals surface area contributed by atoms with Crippen molar-refractivity contribution in [2.75, 3.05) is 33.7 Å². The number of nitrogens with zero attached hydrogens (tertiary/aromatic N) is 3. The monoisotopic (exact) mass is 571 g/mol. The highest BCUT2D eigenvalue weighted by atomic mass is 35.5. The maximum atomic E-state index is 13.9. The Morgan fingerprint density at radius 1 is 0.974 bits per heavy atom. The second kappa shape index (κ2) is 12.3. The predicted octanol–water partition coefficient (Wildman–Crippen LogP) is 6.26. The van der Waals surface area contributed by atoms with Gasteiger partial charge in [0.05, 0.1) is 21.0 Å². The molecule has 10 heteroatoms. The van der Waals surface area contributed by atoms with Crippen molar-refractivity contribution in [3.63, 3.8) is 0 Å². The van der Waals surface area contributed by atoms with Crippen LogP contribution in [0.3, 0.4) is 0 Å². The van der Waals surface area contributed by atoms with Crippen LogP contribution in [0.2, 0.25) is 10.0 Å². The van der Waals surface area contributed by atoms with Crippen LogP contribution in [-0.4, -0.2) is 66.3 Å². The third-order valence-electron chi connectivity index (χ3n) is 7.61. The molecule has 0 aromatic heterocycles. The second-order valence-corrected chi connectivity index (χ2v) is 11.1. The predicted molar refractivity (Wildman–Crippen MR) is 144 cm³/mol. The SMILES string of the molecule is CC(=O)N(C)C1CCN(CCC(C)(C(=O)N(C)Cc2ccc(C(F)(F)F)cc2)c2ccc(Cl)c(Cl)c2)CC1. The van der Waals surface area contributed by atoms with Crippen molar-refractivity contribution in [2.24, 2.45) is 0 Å². The molecule has 2 amide bonds. The molecule has 1 atom stereocenters. The minimum absolute atomic E-state index is 0.0531. The smallest absolute Gasteiger partial charge is 0.343 e. The first-order valence-electron chi connectivity index (χ1n) is 12.6. The van der Waals surface area contributed by atoms with Crippen molar-refractivity contribution in [2.45, 2.75) is 57.3 Å². The molecule has 1 fully saturated rings. The van der Waals surface area contributed by atoms with Gasteiger partial charge in [0.15, 0.2) is 0 Å². The molecule has 5 nitrogen and oxygen atoms in total. The summed E-state index contributed by atoms with van der Waals surface area (Å²) in [6.45, 7) is 5.89. The third-order valence-corrected chi connectivity index (χ3v) is 8.35. The van der Waals surface area contributed by atoms with E-state index >= 15 is 0 Å². The first-order valence-corrected chi connectivity index (χ1v) is 13.3. The number of carbonyl (C=O) groups excluding carboxylic acids is 2. The number of amides is 2. The fraction of sp³-hybridized carbons (Fsp3) is 0.500. The Labute approximate surface area is 232 Å². The Kier molecular flexibility index (Phi) is 9.76. The average molecular weight is 572 g/mol. The van der Waals surface area contributed by atoms with E-state index in [0.717, 1.165) is 43.6 Å². The number of hydrogen-bond acceptors (Lipinski definition) is 3. The summed E-state index contributed by atoms with van der Waals surface area (Å²) < 4.78 is 38.8. The molecule has 2 aromatic rings. The minimum Gasteiger partial charge on any atom is -0.343 e. The van der Waals surface area contributed by atoms with Gasteiger partial charge in [0.1, 0.15) is 0 Å². The summed E-state index contributed by atoms with van der Waals surface area (Å²) in [5.41, 5.74) is -0.347. The van der Waals surface area contributed by atoms with Crippen molar-refractivity contribution in [3.8, 4) is 0 Å². The van der Waals surface area contributed by atoms with Crippen molar-refractivity contribution in [1.82, 2.24) is 14.7 Å². The van der Waals surface area contributed by atoms with Gasteiger partial charge in [0.25, 0.3) is 0 Å². The summed E-state index contributed by atoms with van der Waals surface area (Å²) in [6, 6.07) is 10.2. The highest BCUT2D eigenvalue weighted by molar-refractivity contribution is 6.42. The number of rotatable bonds is 8. The quantitative estimate of drug-likeness (QED) is 0.375. The number of hydrogen-bond donors (Lipinski definition) is 0. The van der Waals surface area contributed by atoms with Crippen LogP contribution in [0.15, 0.2) is 42.5 Å². The fourth-order valence-corrected chi connectivity index (χ4v) is 5.25. The molecule has 1 heterocycles. The van der Waals surface area contributed by atoms with Crippen LogP contribution >= 0.6 is 23.2 Å². The zero-order chi connectivity index (χ0) is 28.3. The fourth-order valence-electron chi connectivity index (χ4n) is 4.95. The van der Waals surface area contributed by atoms with Gasteiger partial charge in [-0.2, -0.15) is 13.2 Å². The molecule has 0 bridgehead atoms. The van der Waals surface area contributed by atoms with Crippen molar-refractivity contribution in [3.05, 3.63) is 69.2 Å². The lowest BCUT2D eigenvalue weighted by atomic mass is 9.77. The molecule has 1 unspecified atom stereocenters. The topological polar surface area (TPSA) is 43.9 Å². The lowest BCUT2D eigenvalue weighted by molar-refractivity contribution is -0.138. The largest absolute Gasteiger partial charge is 0.416 e. The molecule has 0 saturated carbocycles. The summed E-state index contributed by atoms with van der Waals surface area (Å²) in [5.74, 6) is -0.112. The molecular formula is C28H34Cl2F3N3O2. The number of benzene rings is 2. The first kappa shape index (κ1) is 30.3. The van der Waals surface area contributed by atoms with Gasteiger partial charge >= 0.3 is 6.18 Å². The number of halogens is 5. The van der Waals surface area contributed by atoms with E-state index in [4.69, 9.17) is 23.2 Å². The van der Waals surface area contributed by atoms with Crippen molar-refractivity contribution >= 4 is 35.0 Å². The van der Waals surface area contributed by atoms with E-state index in [9.17, 15) is 22.8 Å². The Hall–Kier alpha value is -2.29. The second-order valence-electron chi connectivity index (χ2n) is 10.3. The summed E-state index contributed by atoms with van der Waals surface area (Å²) >= 11 is 12.5. The molecule has 3 rings (SSSR count). The maximum absolute atomic E-state index is 13.9. The molecule has 1 saturated heterocycles. The van der Waals surface area contributed by atoms with E-state index in [2.05, 4.69) is 4.90 Å². The lowest BCUT2D eigenvalue weighted by Gasteiger charge is -2.39. The summed E-state index contributed by atoms with van der Waals surface area (Å²) in [6.07, 6.45) is -2.18. The normalized spacial score (nSPS) is 16.7. The number of piperidine rings is 1. The molecule has 0 N–H and O–H groups in total. The van der Waals surface area contributed by atoms with Crippen LogP contribution < -0.4 is 0 Å². The van der Waals surface area contributed by atoms with E-state index in [0.29, 0.717) is 28.6 Å². The van der Waals surface area contributed by atoms with Crippen molar-refractivity contribution in [1.29, 1.82) is 0 Å². The lowest BCUT2D eigenvalue weighted by Crippen LogP contribution is -2.48. The van der Waals surface area contributed by atoms with Gasteiger partial charge < -0.3 is 14.7 Å². The van der Waals surface area contributed by atoms with E-state index < -0.39 is 17.2 Å². The number of alkyl halides is 3. The summed E-state index contributed by atoms with van der Waals surface area (Å²) in [7, 11) is 3.48. The Morgan fingerprint density at radius 3 is 2.08 bits per heavy atom. The molecule has 0 spiro atoms. The molecule has 2 aromatic carbocycles. The van der Waals surface area contributed by atoms with Gasteiger partial charge in [-0.3, -0.25) is 9.59 Å². The van der Waals surface area contributed by atoms with Crippen molar-refractivity contribution < 1.29 is 22.8 Å². The molecular weight excluding hydrogens is 538 g/mol. The summed E-state index contributed by atoms with van der Waals surface area (Å²) in [5, 5.41) is 0.738. The average Bonchev–Trinajstić information content (AvgIpc) is 2.88. The first-order chi connectivity index (χ1) is 17.7. The van der Waals surface area contributed by atoms with E-state index in [1.54, 1.807) is 42.0 Å². The van der Waals surface area contributed by atoms with Crippen LogP contribution in [0.25, 0.3) is 0 Å². The molecule has 0 aliphatic carbocycles. The van der Waals surface area contributed by atoms with Crippen LogP contribution in [0.4, 0.5) is 13.2 Å². The number of likely N-dealkylation sites (N-methyl/N-ethyl adjacent to an activating group) is 1. The van der Waals surface area contributed by atoms with E-state index in [1.807, 2.05) is 14.0 Å². The maximum Gasteiger partial charge on any atom is 0.416 e. The van der Waals surface area contributed by atoms with Crippen LogP contribution in [0.5, 0.6) is 0 Å². The van der Waals surface area contributed by atoms with E-state index in [1.165, 1.54) is 12.1 Å². The van der Waals surface area contributed by atoms with E-state index in [-0.39, 0.29) is 24.4 Å². The van der Waals surface area contributed by atoms with Crippen LogP contribution in [-0.2, 0) is 27.7 Å². The highest BCUT2D eigenvalue weighted by Crippen LogP contribution is 2.35. The number of likely N-dealkylation sites (tertiary alicyclic amines) is 1. The highest BCUT2D eigenvalue weighted by Gasteiger charge is 2.38. The van der Waals surface area contributed by atoms with Crippen LogP contribution in [0.1, 0.15) is 49.8 Å². The Morgan fingerprint density at radius 2 is 1.55 bits per heavy atom. The van der Waals surface area contributed by atoms with Gasteiger partial charge in [0.2, 0.25) is 11.8 Å². The Balaban J connectivity index is 1.76. The standard InChI is InChI=1S/C28H34Cl2F3N3O2/c1-19(37)35(4)23-11-14-36(15-12-23)16-13-27(2,22-9-10-24(29)25(30)17-22)26(38)34(3)18-20-5-7-21(8-6-20)28(31,32)33/h5-10,17,23H,11-16,18H2,1-4H3. The molecule has 0 radical (unpaired) electrons. The van der Waals surface area contributed by atoms with Gasteiger partial charge in [0, 0.05) is 46.7 Å². The minimum atomic E-state index is -4.41. The molecule has 38 heavy (non-hydrogen) atoms. The number of carbonyl (C=O) groups is 2. The van der Waals surface area contributed by atoms with Crippen LogP contribution in [0, 0.1) is 0 Å². The van der Waals surface area contributed by atoms with Gasteiger partial charge in [-0.1, -0.05) is 41.4 Å². The van der Waals surface area contributed by atoms with Gasteiger partial charge in [-0.15, -0.1) is 0 Å².